The first kappa shape index (κ1) is 12.4. The number of thiophene rings is 1. The van der Waals surface area contributed by atoms with Gasteiger partial charge in [-0.15, -0.1) is 11.3 Å². The lowest BCUT2D eigenvalue weighted by Crippen LogP contribution is -2.34. The first-order valence-electron chi connectivity index (χ1n) is 5.85. The molecule has 0 spiro atoms. The Morgan fingerprint density at radius 2 is 2.38 bits per heavy atom. The number of likely N-dealkylation sites (N-methyl/N-ethyl adjacent to an activating group) is 1. The van der Waals surface area contributed by atoms with Crippen LogP contribution in [0.3, 0.4) is 0 Å². The third-order valence-corrected chi connectivity index (χ3v) is 5.06. The van der Waals surface area contributed by atoms with Gasteiger partial charge in [0.25, 0.3) is 0 Å². The molecule has 2 nitrogen and oxygen atoms in total. The summed E-state index contributed by atoms with van der Waals surface area (Å²) in [6.07, 6.45) is 1.27. The summed E-state index contributed by atoms with van der Waals surface area (Å²) in [5, 5.41) is 6.74. The van der Waals surface area contributed by atoms with E-state index in [4.69, 9.17) is 0 Å². The van der Waals surface area contributed by atoms with Gasteiger partial charge in [0, 0.05) is 34.6 Å². The zero-order chi connectivity index (χ0) is 11.4. The molecule has 1 aliphatic heterocycles. The molecule has 1 aromatic rings. The van der Waals surface area contributed by atoms with Gasteiger partial charge in [0.15, 0.2) is 0 Å². The van der Waals surface area contributed by atoms with Crippen molar-refractivity contribution in [3.05, 3.63) is 21.4 Å². The number of hydrogen-bond donors (Lipinski definition) is 2. The van der Waals surface area contributed by atoms with Crippen LogP contribution < -0.4 is 10.6 Å². The third kappa shape index (κ3) is 3.23. The Labute approximate surface area is 106 Å². The van der Waals surface area contributed by atoms with Gasteiger partial charge in [-0.3, -0.25) is 0 Å². The maximum atomic E-state index is 3.55. The molecule has 0 aromatic carbocycles. The van der Waals surface area contributed by atoms with Gasteiger partial charge in [-0.1, -0.05) is 0 Å². The molecule has 0 saturated carbocycles. The molecular formula is C12H20N2S2. The highest BCUT2D eigenvalue weighted by atomic mass is 32.2. The lowest BCUT2D eigenvalue weighted by atomic mass is 10.2. The van der Waals surface area contributed by atoms with E-state index >= 15 is 0 Å². The monoisotopic (exact) mass is 256 g/mol. The Morgan fingerprint density at radius 1 is 1.50 bits per heavy atom. The summed E-state index contributed by atoms with van der Waals surface area (Å²) in [6.45, 7) is 4.27. The molecule has 1 aromatic heterocycles. The molecule has 0 bridgehead atoms. The van der Waals surface area contributed by atoms with Crippen LogP contribution in [0.1, 0.15) is 22.2 Å². The number of thioether (sulfide) groups is 1. The predicted octanol–water partition coefficient (Wildman–Crippen LogP) is 2.23. The molecule has 2 N–H and O–H groups in total. The number of nitrogens with one attached hydrogen (secondary N) is 2. The maximum Gasteiger partial charge on any atom is 0.0302 e. The fraction of sp³-hybridized carbons (Fsp3) is 0.667. The molecule has 2 heterocycles. The summed E-state index contributed by atoms with van der Waals surface area (Å²) in [7, 11) is 2.00. The van der Waals surface area contributed by atoms with Crippen molar-refractivity contribution in [2.75, 3.05) is 19.3 Å². The lowest BCUT2D eigenvalue weighted by Gasteiger charge is -2.11. The van der Waals surface area contributed by atoms with Crippen LogP contribution in [-0.2, 0) is 18.7 Å². The van der Waals surface area contributed by atoms with Gasteiger partial charge in [-0.25, -0.2) is 0 Å². The molecule has 0 radical (unpaired) electrons. The molecule has 1 aliphatic rings. The first-order valence-corrected chi connectivity index (χ1v) is 7.83. The summed E-state index contributed by atoms with van der Waals surface area (Å²) in [4.78, 5) is 3.12. The lowest BCUT2D eigenvalue weighted by molar-refractivity contribution is 0.526. The highest BCUT2D eigenvalue weighted by Crippen LogP contribution is 2.31. The molecule has 0 saturated heterocycles. The average Bonchev–Trinajstić information content (AvgIpc) is 2.69. The van der Waals surface area contributed by atoms with Gasteiger partial charge in [0.1, 0.15) is 0 Å². The first-order chi connectivity index (χ1) is 7.79. The minimum atomic E-state index is 0.540. The van der Waals surface area contributed by atoms with E-state index in [-0.39, 0.29) is 0 Å². The number of aryl methyl sites for hydroxylation is 1. The van der Waals surface area contributed by atoms with Crippen LogP contribution >= 0.6 is 23.1 Å². The van der Waals surface area contributed by atoms with Crippen LogP contribution in [-0.4, -0.2) is 25.4 Å². The smallest absolute Gasteiger partial charge is 0.0302 e. The van der Waals surface area contributed by atoms with Crippen molar-refractivity contribution in [1.82, 2.24) is 10.6 Å². The van der Waals surface area contributed by atoms with Crippen molar-refractivity contribution in [3.8, 4) is 0 Å². The van der Waals surface area contributed by atoms with Crippen molar-refractivity contribution < 1.29 is 0 Å². The highest BCUT2D eigenvalue weighted by molar-refractivity contribution is 7.98. The molecular weight excluding hydrogens is 236 g/mol. The number of hydrogen-bond acceptors (Lipinski definition) is 4. The van der Waals surface area contributed by atoms with Crippen molar-refractivity contribution in [2.45, 2.75) is 31.7 Å². The Morgan fingerprint density at radius 3 is 3.12 bits per heavy atom. The normalized spacial score (nSPS) is 17.1. The van der Waals surface area contributed by atoms with Crippen molar-refractivity contribution in [2.24, 2.45) is 0 Å². The summed E-state index contributed by atoms with van der Waals surface area (Å²) in [6, 6.07) is 2.93. The molecule has 2 rings (SSSR count). The van der Waals surface area contributed by atoms with E-state index in [0.717, 1.165) is 13.1 Å². The fourth-order valence-corrected chi connectivity index (χ4v) is 4.28. The molecule has 90 valence electrons. The molecule has 1 unspecified atom stereocenters. The van der Waals surface area contributed by atoms with Crippen LogP contribution in [0.4, 0.5) is 0 Å². The summed E-state index contributed by atoms with van der Waals surface area (Å²) in [5.41, 5.74) is 1.58. The Kier molecular flexibility index (Phi) is 4.70. The van der Waals surface area contributed by atoms with Gasteiger partial charge >= 0.3 is 0 Å². The predicted molar refractivity (Wildman–Crippen MR) is 74.4 cm³/mol. The summed E-state index contributed by atoms with van der Waals surface area (Å²) >= 11 is 4.06. The average molecular weight is 256 g/mol. The molecule has 1 atom stereocenters. The second kappa shape index (κ2) is 6.05. The SMILES string of the molecule is CNCC(C)NCc1cc2c(s1)CCSC2. The van der Waals surface area contributed by atoms with E-state index in [1.165, 1.54) is 22.8 Å². The minimum absolute atomic E-state index is 0.540. The Balaban J connectivity index is 1.87. The third-order valence-electron chi connectivity index (χ3n) is 2.81. The second-order valence-electron chi connectivity index (χ2n) is 4.30. The van der Waals surface area contributed by atoms with Crippen molar-refractivity contribution in [1.29, 1.82) is 0 Å². The molecule has 0 fully saturated rings. The van der Waals surface area contributed by atoms with E-state index in [2.05, 4.69) is 35.4 Å². The van der Waals surface area contributed by atoms with E-state index in [0.29, 0.717) is 6.04 Å². The van der Waals surface area contributed by atoms with E-state index in [1.54, 1.807) is 10.4 Å². The van der Waals surface area contributed by atoms with E-state index in [1.807, 2.05) is 18.4 Å². The van der Waals surface area contributed by atoms with Crippen LogP contribution in [0.2, 0.25) is 0 Å². The quantitative estimate of drug-likeness (QED) is 0.845. The Hall–Kier alpha value is -0.0300. The van der Waals surface area contributed by atoms with Gasteiger partial charge in [-0.05, 0) is 37.8 Å². The van der Waals surface area contributed by atoms with Crippen molar-refractivity contribution >= 4 is 23.1 Å². The summed E-state index contributed by atoms with van der Waals surface area (Å²) in [5.74, 6) is 2.52. The summed E-state index contributed by atoms with van der Waals surface area (Å²) < 4.78 is 0. The highest BCUT2D eigenvalue weighted by Gasteiger charge is 2.13. The minimum Gasteiger partial charge on any atom is -0.318 e. The van der Waals surface area contributed by atoms with E-state index in [9.17, 15) is 0 Å². The maximum absolute atomic E-state index is 3.55. The van der Waals surface area contributed by atoms with Crippen LogP contribution in [0.15, 0.2) is 6.07 Å². The molecule has 16 heavy (non-hydrogen) atoms. The zero-order valence-electron chi connectivity index (χ0n) is 10.0. The zero-order valence-corrected chi connectivity index (χ0v) is 11.6. The standard InChI is InChI=1S/C12H20N2S2/c1-9(6-13-2)14-7-11-5-10-8-15-4-3-12(10)16-11/h5,9,13-14H,3-4,6-8H2,1-2H3. The van der Waals surface area contributed by atoms with Gasteiger partial charge in [0.2, 0.25) is 0 Å². The van der Waals surface area contributed by atoms with E-state index < -0.39 is 0 Å². The fourth-order valence-electron chi connectivity index (χ4n) is 1.95. The number of fused-ring (bicyclic) bond motifs is 1. The topological polar surface area (TPSA) is 24.1 Å². The van der Waals surface area contributed by atoms with Gasteiger partial charge in [-0.2, -0.15) is 11.8 Å². The van der Waals surface area contributed by atoms with Crippen molar-refractivity contribution in [3.63, 3.8) is 0 Å². The number of rotatable bonds is 5. The molecule has 0 amide bonds. The largest absolute Gasteiger partial charge is 0.318 e. The van der Waals surface area contributed by atoms with Gasteiger partial charge < -0.3 is 10.6 Å². The Bertz CT molecular complexity index is 312. The second-order valence-corrected chi connectivity index (χ2v) is 6.63. The van der Waals surface area contributed by atoms with Crippen LogP contribution in [0.5, 0.6) is 0 Å². The van der Waals surface area contributed by atoms with Crippen LogP contribution in [0, 0.1) is 0 Å². The van der Waals surface area contributed by atoms with Gasteiger partial charge in [0.05, 0.1) is 0 Å². The van der Waals surface area contributed by atoms with Crippen LogP contribution in [0.25, 0.3) is 0 Å². The molecule has 0 aliphatic carbocycles. The molecule has 4 heteroatoms.